The van der Waals surface area contributed by atoms with Crippen LogP contribution >= 0.6 is 7.82 Å². The van der Waals surface area contributed by atoms with Crippen LogP contribution in [0.4, 0.5) is 0 Å². The molecule has 0 radical (unpaired) electrons. The van der Waals surface area contributed by atoms with E-state index in [2.05, 4.69) is 74.6 Å². The second kappa shape index (κ2) is 40.1. The number of phosphoric acid groups is 1. The van der Waals surface area contributed by atoms with E-state index in [-0.39, 0.29) is 32.6 Å². The molecular weight excluding hydrogens is 701 g/mol. The fourth-order valence-corrected chi connectivity index (χ4v) is 6.07. The molecule has 0 saturated heterocycles. The molecule has 3 N–H and O–H groups in total. The Bertz CT molecular complexity index is 1110. The van der Waals surface area contributed by atoms with Crippen molar-refractivity contribution >= 4 is 19.8 Å². The number of carbonyl (C=O) groups excluding carboxylic acids is 2. The van der Waals surface area contributed by atoms with E-state index in [1.165, 1.54) is 64.2 Å². The molecule has 0 spiro atoms. The zero-order valence-electron chi connectivity index (χ0n) is 33.9. The first-order chi connectivity index (χ1) is 26.3. The molecule has 0 rings (SSSR count). The van der Waals surface area contributed by atoms with Crippen LogP contribution in [0.1, 0.15) is 162 Å². The molecule has 54 heavy (non-hydrogen) atoms. The SMILES string of the molecule is CC/C=C\C/C=C\C/C=C\C/C=C\C/C=C\C/C=C\CCC(=O)OC[C@H](COP(=O)(O)OCCN)OC(=O)CCCCCCCCCCCCCCCC. The normalized spacial score (nSPS) is 14.1. The highest BCUT2D eigenvalue weighted by molar-refractivity contribution is 7.47. The maximum atomic E-state index is 12.6. The Labute approximate surface area is 329 Å². The molecule has 0 saturated carbocycles. The Kier molecular flexibility index (Phi) is 38.2. The van der Waals surface area contributed by atoms with Crippen molar-refractivity contribution in [1.29, 1.82) is 0 Å². The van der Waals surface area contributed by atoms with Gasteiger partial charge in [-0.2, -0.15) is 0 Å². The lowest BCUT2D eigenvalue weighted by molar-refractivity contribution is -0.161. The quantitative estimate of drug-likeness (QED) is 0.0272. The van der Waals surface area contributed by atoms with Gasteiger partial charge in [0.2, 0.25) is 0 Å². The molecule has 0 bridgehead atoms. The van der Waals surface area contributed by atoms with Gasteiger partial charge in [-0.1, -0.05) is 170 Å². The maximum Gasteiger partial charge on any atom is 0.472 e. The fourth-order valence-electron chi connectivity index (χ4n) is 5.31. The molecule has 0 heterocycles. The van der Waals surface area contributed by atoms with E-state index >= 15 is 0 Å². The number of esters is 2. The van der Waals surface area contributed by atoms with Gasteiger partial charge in [-0.25, -0.2) is 4.57 Å². The van der Waals surface area contributed by atoms with Gasteiger partial charge in [0, 0.05) is 19.4 Å². The van der Waals surface area contributed by atoms with Crippen LogP contribution in [-0.2, 0) is 32.7 Å². The fraction of sp³-hybridized carbons (Fsp3) is 0.682. The van der Waals surface area contributed by atoms with Gasteiger partial charge in [0.05, 0.1) is 13.2 Å². The summed E-state index contributed by atoms with van der Waals surface area (Å²) >= 11 is 0. The van der Waals surface area contributed by atoms with Crippen molar-refractivity contribution in [2.45, 2.75) is 168 Å². The summed E-state index contributed by atoms with van der Waals surface area (Å²) in [6, 6.07) is 0. The van der Waals surface area contributed by atoms with E-state index in [4.69, 9.17) is 24.3 Å². The highest BCUT2D eigenvalue weighted by atomic mass is 31.2. The van der Waals surface area contributed by atoms with Gasteiger partial charge in [-0.15, -0.1) is 0 Å². The standard InChI is InChI=1S/C44H76NO8P/c1-3-5-7-9-11-13-15-17-19-20-21-22-23-25-26-28-30-32-34-36-43(46)50-40-42(41-52-54(48,49)51-39-38-45)53-44(47)37-35-33-31-29-27-24-18-16-14-12-10-8-6-4-2/h5,7,11,13,17,19,21-22,25-26,30,32,42H,3-4,6,8-10,12,14-16,18,20,23-24,27-29,31,33-41,45H2,1-2H3,(H,48,49)/b7-5-,13-11-,19-17-,22-21-,26-25-,32-30-/t42-/m1/s1. The van der Waals surface area contributed by atoms with E-state index in [1.54, 1.807) is 0 Å². The molecule has 0 amide bonds. The Morgan fingerprint density at radius 2 is 1.02 bits per heavy atom. The average molecular weight is 778 g/mol. The summed E-state index contributed by atoms with van der Waals surface area (Å²) in [5.74, 6) is -0.929. The van der Waals surface area contributed by atoms with Gasteiger partial charge < -0.3 is 20.1 Å². The molecule has 0 aliphatic heterocycles. The monoisotopic (exact) mass is 778 g/mol. The van der Waals surface area contributed by atoms with Crippen molar-refractivity contribution in [3.05, 3.63) is 72.9 Å². The second-order valence-corrected chi connectivity index (χ2v) is 14.9. The van der Waals surface area contributed by atoms with Crippen LogP contribution in [0, 0.1) is 0 Å². The minimum atomic E-state index is -4.39. The summed E-state index contributed by atoms with van der Waals surface area (Å²) in [5.41, 5.74) is 5.34. The van der Waals surface area contributed by atoms with E-state index in [0.717, 1.165) is 57.8 Å². The largest absolute Gasteiger partial charge is 0.472 e. The highest BCUT2D eigenvalue weighted by Crippen LogP contribution is 2.43. The van der Waals surface area contributed by atoms with Crippen molar-refractivity contribution in [1.82, 2.24) is 0 Å². The Morgan fingerprint density at radius 3 is 1.48 bits per heavy atom. The molecule has 1 unspecified atom stereocenters. The van der Waals surface area contributed by atoms with Gasteiger partial charge in [0.1, 0.15) is 6.61 Å². The minimum Gasteiger partial charge on any atom is -0.462 e. The smallest absolute Gasteiger partial charge is 0.462 e. The van der Waals surface area contributed by atoms with Gasteiger partial charge in [0.15, 0.2) is 6.10 Å². The van der Waals surface area contributed by atoms with Gasteiger partial charge in [-0.05, 0) is 51.4 Å². The van der Waals surface area contributed by atoms with E-state index in [1.807, 2.05) is 12.2 Å². The summed E-state index contributed by atoms with van der Waals surface area (Å²) < 4.78 is 32.6. The van der Waals surface area contributed by atoms with Gasteiger partial charge >= 0.3 is 19.8 Å². The van der Waals surface area contributed by atoms with Crippen molar-refractivity contribution < 1.29 is 37.6 Å². The summed E-state index contributed by atoms with van der Waals surface area (Å²) in [6.07, 6.45) is 48.0. The third kappa shape index (κ3) is 39.2. The van der Waals surface area contributed by atoms with Crippen LogP contribution in [0.3, 0.4) is 0 Å². The van der Waals surface area contributed by atoms with Crippen molar-refractivity contribution in [2.24, 2.45) is 5.73 Å². The molecule has 0 aromatic heterocycles. The zero-order valence-corrected chi connectivity index (χ0v) is 34.8. The van der Waals surface area contributed by atoms with Crippen LogP contribution in [-0.4, -0.2) is 49.3 Å². The minimum absolute atomic E-state index is 0.0416. The number of hydrogen-bond donors (Lipinski definition) is 2. The van der Waals surface area contributed by atoms with Gasteiger partial charge in [-0.3, -0.25) is 18.6 Å². The van der Waals surface area contributed by atoms with E-state index in [0.29, 0.717) is 12.8 Å². The van der Waals surface area contributed by atoms with Crippen LogP contribution in [0.2, 0.25) is 0 Å². The number of phosphoric ester groups is 1. The zero-order chi connectivity index (χ0) is 39.6. The van der Waals surface area contributed by atoms with Crippen molar-refractivity contribution in [3.63, 3.8) is 0 Å². The van der Waals surface area contributed by atoms with Crippen molar-refractivity contribution in [2.75, 3.05) is 26.4 Å². The maximum absolute atomic E-state index is 12.6. The molecule has 0 aromatic carbocycles. The van der Waals surface area contributed by atoms with E-state index in [9.17, 15) is 19.0 Å². The van der Waals surface area contributed by atoms with Crippen LogP contribution in [0.15, 0.2) is 72.9 Å². The lowest BCUT2D eigenvalue weighted by Crippen LogP contribution is -2.29. The third-order valence-electron chi connectivity index (χ3n) is 8.37. The predicted octanol–water partition coefficient (Wildman–Crippen LogP) is 11.9. The molecule has 0 fully saturated rings. The lowest BCUT2D eigenvalue weighted by Gasteiger charge is -2.19. The van der Waals surface area contributed by atoms with Crippen LogP contribution in [0.5, 0.6) is 0 Å². The molecule has 10 heteroatoms. The lowest BCUT2D eigenvalue weighted by atomic mass is 10.0. The van der Waals surface area contributed by atoms with Crippen molar-refractivity contribution in [3.8, 4) is 0 Å². The molecule has 2 atom stereocenters. The highest BCUT2D eigenvalue weighted by Gasteiger charge is 2.25. The Morgan fingerprint density at radius 1 is 0.574 bits per heavy atom. The Hall–Kier alpha value is -2.55. The number of hydrogen-bond acceptors (Lipinski definition) is 8. The summed E-state index contributed by atoms with van der Waals surface area (Å²) in [7, 11) is -4.39. The molecule has 310 valence electrons. The molecule has 0 aromatic rings. The Balaban J connectivity index is 4.30. The molecule has 9 nitrogen and oxygen atoms in total. The predicted molar refractivity (Wildman–Crippen MR) is 224 cm³/mol. The van der Waals surface area contributed by atoms with Gasteiger partial charge in [0.25, 0.3) is 0 Å². The number of ether oxygens (including phenoxy) is 2. The first kappa shape index (κ1) is 51.5. The number of unbranched alkanes of at least 4 members (excludes halogenated alkanes) is 13. The number of carbonyl (C=O) groups is 2. The average Bonchev–Trinajstić information content (AvgIpc) is 3.16. The number of allylic oxidation sites excluding steroid dienone is 12. The number of rotatable bonds is 38. The third-order valence-corrected chi connectivity index (χ3v) is 9.35. The summed E-state index contributed by atoms with van der Waals surface area (Å²) in [4.78, 5) is 34.8. The van der Waals surface area contributed by atoms with E-state index < -0.39 is 32.5 Å². The number of nitrogens with two attached hydrogens (primary N) is 1. The first-order valence-corrected chi connectivity index (χ1v) is 22.4. The molecule has 0 aliphatic carbocycles. The first-order valence-electron chi connectivity index (χ1n) is 20.9. The van der Waals surface area contributed by atoms with Crippen LogP contribution < -0.4 is 5.73 Å². The summed E-state index contributed by atoms with van der Waals surface area (Å²) in [6.45, 7) is 3.52. The van der Waals surface area contributed by atoms with Crippen LogP contribution in [0.25, 0.3) is 0 Å². The molecular formula is C44H76NO8P. The molecule has 0 aliphatic rings. The topological polar surface area (TPSA) is 134 Å². The summed E-state index contributed by atoms with van der Waals surface area (Å²) in [5, 5.41) is 0. The second-order valence-electron chi connectivity index (χ2n) is 13.5.